The van der Waals surface area contributed by atoms with Crippen molar-refractivity contribution >= 4 is 11.5 Å². The van der Waals surface area contributed by atoms with Crippen molar-refractivity contribution in [1.82, 2.24) is 4.98 Å². The lowest BCUT2D eigenvalue weighted by Crippen LogP contribution is -2.04. The van der Waals surface area contributed by atoms with Crippen LogP contribution in [0, 0.1) is 10.1 Å². The van der Waals surface area contributed by atoms with Crippen LogP contribution in [-0.4, -0.2) is 16.5 Å². The van der Waals surface area contributed by atoms with Crippen LogP contribution in [-0.2, 0) is 6.42 Å². The number of anilines is 1. The molecule has 4 N–H and O–H groups in total. The maximum atomic E-state index is 10.4. The second-order valence-electron chi connectivity index (χ2n) is 2.86. The molecule has 0 aliphatic rings. The van der Waals surface area contributed by atoms with Crippen molar-refractivity contribution < 1.29 is 4.92 Å². The van der Waals surface area contributed by atoms with Gasteiger partial charge in [0, 0.05) is 11.8 Å². The summed E-state index contributed by atoms with van der Waals surface area (Å²) in [6.45, 7) is 0.568. The molecular weight excluding hydrogens is 184 g/mol. The van der Waals surface area contributed by atoms with Crippen molar-refractivity contribution in [2.45, 2.75) is 12.8 Å². The van der Waals surface area contributed by atoms with Crippen LogP contribution in [0.25, 0.3) is 0 Å². The van der Waals surface area contributed by atoms with Gasteiger partial charge in [-0.1, -0.05) is 0 Å². The van der Waals surface area contributed by atoms with Gasteiger partial charge < -0.3 is 11.5 Å². The molecule has 14 heavy (non-hydrogen) atoms. The second kappa shape index (κ2) is 4.52. The van der Waals surface area contributed by atoms with E-state index >= 15 is 0 Å². The van der Waals surface area contributed by atoms with Gasteiger partial charge in [-0.3, -0.25) is 10.1 Å². The zero-order valence-corrected chi connectivity index (χ0v) is 7.64. The summed E-state index contributed by atoms with van der Waals surface area (Å²) >= 11 is 0. The highest BCUT2D eigenvalue weighted by Crippen LogP contribution is 2.18. The van der Waals surface area contributed by atoms with Crippen LogP contribution in [0.2, 0.25) is 0 Å². The molecule has 0 fully saturated rings. The molecule has 0 amide bonds. The fraction of sp³-hybridized carbons (Fsp3) is 0.375. The number of nitrogens with two attached hydrogens (primary N) is 2. The van der Waals surface area contributed by atoms with E-state index in [1.54, 1.807) is 6.07 Å². The van der Waals surface area contributed by atoms with Gasteiger partial charge in [-0.25, -0.2) is 4.98 Å². The van der Waals surface area contributed by atoms with Gasteiger partial charge in [0.2, 0.25) is 5.82 Å². The standard InChI is InChI=1S/C8H12N4O2/c9-5-1-2-6-3-4-7(12(13)14)8(10)11-6/h3-4H,1-2,5,9H2,(H2,10,11). The molecule has 0 aliphatic carbocycles. The molecule has 1 rings (SSSR count). The van der Waals surface area contributed by atoms with Crippen LogP contribution in [0.5, 0.6) is 0 Å². The average molecular weight is 196 g/mol. The SMILES string of the molecule is NCCCc1ccc([N+](=O)[O-])c(N)n1. The number of nitro groups is 1. The quantitative estimate of drug-likeness (QED) is 0.537. The molecular formula is C8H12N4O2. The highest BCUT2D eigenvalue weighted by Gasteiger charge is 2.12. The van der Waals surface area contributed by atoms with Gasteiger partial charge in [0.25, 0.3) is 0 Å². The highest BCUT2D eigenvalue weighted by atomic mass is 16.6. The van der Waals surface area contributed by atoms with Crippen LogP contribution in [0.3, 0.4) is 0 Å². The number of nitrogens with zero attached hydrogens (tertiary/aromatic N) is 2. The third-order valence-electron chi connectivity index (χ3n) is 1.79. The van der Waals surface area contributed by atoms with Crippen LogP contribution >= 0.6 is 0 Å². The van der Waals surface area contributed by atoms with E-state index in [1.165, 1.54) is 6.07 Å². The fourth-order valence-electron chi connectivity index (χ4n) is 1.09. The Balaban J connectivity index is 2.83. The van der Waals surface area contributed by atoms with Gasteiger partial charge in [0.15, 0.2) is 0 Å². The Labute approximate surface area is 81.1 Å². The molecule has 1 aromatic heterocycles. The van der Waals surface area contributed by atoms with E-state index in [0.717, 1.165) is 12.1 Å². The Kier molecular flexibility index (Phi) is 3.35. The molecule has 0 bridgehead atoms. The van der Waals surface area contributed by atoms with Crippen LogP contribution < -0.4 is 11.5 Å². The number of aryl methyl sites for hydroxylation is 1. The Morgan fingerprint density at radius 3 is 2.71 bits per heavy atom. The van der Waals surface area contributed by atoms with Gasteiger partial charge in [-0.05, 0) is 25.5 Å². The smallest absolute Gasteiger partial charge is 0.311 e. The maximum absolute atomic E-state index is 10.4. The first-order valence-corrected chi connectivity index (χ1v) is 4.25. The zero-order valence-electron chi connectivity index (χ0n) is 7.64. The summed E-state index contributed by atoms with van der Waals surface area (Å²) in [6, 6.07) is 2.97. The molecule has 76 valence electrons. The molecule has 0 saturated carbocycles. The third kappa shape index (κ3) is 2.40. The van der Waals surface area contributed by atoms with E-state index in [4.69, 9.17) is 11.5 Å². The van der Waals surface area contributed by atoms with E-state index in [0.29, 0.717) is 13.0 Å². The van der Waals surface area contributed by atoms with Crippen molar-refractivity contribution in [3.8, 4) is 0 Å². The van der Waals surface area contributed by atoms with Crippen molar-refractivity contribution in [2.24, 2.45) is 5.73 Å². The lowest BCUT2D eigenvalue weighted by molar-refractivity contribution is -0.384. The summed E-state index contributed by atoms with van der Waals surface area (Å²) < 4.78 is 0. The lowest BCUT2D eigenvalue weighted by Gasteiger charge is -2.00. The number of nitrogen functional groups attached to an aromatic ring is 1. The summed E-state index contributed by atoms with van der Waals surface area (Å²) in [5.74, 6) is -0.0375. The Morgan fingerprint density at radius 1 is 1.50 bits per heavy atom. The first kappa shape index (κ1) is 10.4. The summed E-state index contributed by atoms with van der Waals surface area (Å²) in [7, 11) is 0. The van der Waals surface area contributed by atoms with E-state index in [9.17, 15) is 10.1 Å². The topological polar surface area (TPSA) is 108 Å². The fourth-order valence-corrected chi connectivity index (χ4v) is 1.09. The molecule has 0 aromatic carbocycles. The number of rotatable bonds is 4. The number of hydrogen-bond acceptors (Lipinski definition) is 5. The van der Waals surface area contributed by atoms with E-state index in [2.05, 4.69) is 4.98 Å². The number of pyridine rings is 1. The summed E-state index contributed by atoms with van der Waals surface area (Å²) in [4.78, 5) is 13.8. The van der Waals surface area contributed by atoms with E-state index < -0.39 is 4.92 Å². The minimum absolute atomic E-state index is 0.0375. The first-order valence-electron chi connectivity index (χ1n) is 4.25. The molecule has 0 aliphatic heterocycles. The molecule has 0 unspecified atom stereocenters. The average Bonchev–Trinajstić information content (AvgIpc) is 2.14. The van der Waals surface area contributed by atoms with Gasteiger partial charge in [0.1, 0.15) is 0 Å². The van der Waals surface area contributed by atoms with Crippen LogP contribution in [0.15, 0.2) is 12.1 Å². The molecule has 1 aromatic rings. The summed E-state index contributed by atoms with van der Waals surface area (Å²) in [6.07, 6.45) is 1.49. The van der Waals surface area contributed by atoms with Crippen LogP contribution in [0.4, 0.5) is 11.5 Å². The molecule has 0 spiro atoms. The van der Waals surface area contributed by atoms with Crippen molar-refractivity contribution in [3.63, 3.8) is 0 Å². The predicted molar refractivity (Wildman–Crippen MR) is 52.7 cm³/mol. The third-order valence-corrected chi connectivity index (χ3v) is 1.79. The molecule has 0 atom stereocenters. The summed E-state index contributed by atoms with van der Waals surface area (Å²) in [5.41, 5.74) is 11.3. The molecule has 0 radical (unpaired) electrons. The molecule has 0 saturated heterocycles. The van der Waals surface area contributed by atoms with Crippen LogP contribution in [0.1, 0.15) is 12.1 Å². The highest BCUT2D eigenvalue weighted by molar-refractivity contribution is 5.52. The summed E-state index contributed by atoms with van der Waals surface area (Å²) in [5, 5.41) is 10.4. The first-order chi connectivity index (χ1) is 6.65. The van der Waals surface area contributed by atoms with Gasteiger partial charge in [-0.2, -0.15) is 0 Å². The van der Waals surface area contributed by atoms with Crippen molar-refractivity contribution in [2.75, 3.05) is 12.3 Å². The van der Waals surface area contributed by atoms with Gasteiger partial charge in [0.05, 0.1) is 4.92 Å². The number of hydrogen-bond donors (Lipinski definition) is 2. The van der Waals surface area contributed by atoms with E-state index in [1.807, 2.05) is 0 Å². The molecule has 6 heteroatoms. The minimum Gasteiger partial charge on any atom is -0.378 e. The van der Waals surface area contributed by atoms with Crippen molar-refractivity contribution in [3.05, 3.63) is 27.9 Å². The maximum Gasteiger partial charge on any atom is 0.311 e. The van der Waals surface area contributed by atoms with Crippen molar-refractivity contribution in [1.29, 1.82) is 0 Å². The second-order valence-corrected chi connectivity index (χ2v) is 2.86. The molecule has 6 nitrogen and oxygen atoms in total. The Bertz CT molecular complexity index is 340. The normalized spacial score (nSPS) is 10.1. The molecule has 1 heterocycles. The predicted octanol–water partition coefficient (Wildman–Crippen LogP) is 0.463. The Morgan fingerprint density at radius 2 is 2.21 bits per heavy atom. The van der Waals surface area contributed by atoms with Gasteiger partial charge in [-0.15, -0.1) is 0 Å². The minimum atomic E-state index is -0.547. The Hall–Kier alpha value is -1.69. The number of aromatic nitrogens is 1. The van der Waals surface area contributed by atoms with Gasteiger partial charge >= 0.3 is 5.69 Å². The zero-order chi connectivity index (χ0) is 10.6. The monoisotopic (exact) mass is 196 g/mol. The lowest BCUT2D eigenvalue weighted by atomic mass is 10.2. The van der Waals surface area contributed by atoms with E-state index in [-0.39, 0.29) is 11.5 Å². The largest absolute Gasteiger partial charge is 0.378 e.